The molecule has 28 heavy (non-hydrogen) atoms. The molecule has 1 aliphatic rings. The molecular formula is C23H21NO4. The van der Waals surface area contributed by atoms with Crippen molar-refractivity contribution in [1.29, 1.82) is 0 Å². The second-order valence-electron chi connectivity index (χ2n) is 7.00. The van der Waals surface area contributed by atoms with E-state index < -0.39 is 0 Å². The summed E-state index contributed by atoms with van der Waals surface area (Å²) < 4.78 is 11.2. The van der Waals surface area contributed by atoms with Crippen molar-refractivity contribution < 1.29 is 13.9 Å². The second-order valence-corrected chi connectivity index (χ2v) is 7.00. The van der Waals surface area contributed by atoms with Crippen LogP contribution in [0.25, 0.3) is 0 Å². The molecule has 0 fully saturated rings. The molecule has 3 aromatic rings. The Kier molecular flexibility index (Phi) is 5.08. The van der Waals surface area contributed by atoms with Gasteiger partial charge in [0, 0.05) is 24.2 Å². The number of nitrogens with zero attached hydrogens (tertiary/aromatic N) is 1. The molecule has 2 heterocycles. The van der Waals surface area contributed by atoms with Crippen LogP contribution in [0.15, 0.2) is 70.1 Å². The number of benzene rings is 2. The molecular weight excluding hydrogens is 354 g/mol. The molecule has 1 aromatic heterocycles. The van der Waals surface area contributed by atoms with Gasteiger partial charge in [-0.05, 0) is 23.6 Å². The van der Waals surface area contributed by atoms with Crippen molar-refractivity contribution in [1.82, 2.24) is 4.90 Å². The van der Waals surface area contributed by atoms with Crippen molar-refractivity contribution in [2.45, 2.75) is 32.7 Å². The van der Waals surface area contributed by atoms with Crippen molar-refractivity contribution in [2.24, 2.45) is 0 Å². The second kappa shape index (κ2) is 7.82. The Morgan fingerprint density at radius 1 is 1.18 bits per heavy atom. The SMILES string of the molecule is C[C@@H]1c2ccccc2CN1Cc1cc(=O)c(OCc2ccc(C=O)cc2)co1. The Labute approximate surface area is 163 Å². The average Bonchev–Trinajstić information content (AvgIpc) is 3.03. The Morgan fingerprint density at radius 3 is 2.68 bits per heavy atom. The molecule has 4 rings (SSSR count). The number of ether oxygens (including phenoxy) is 1. The van der Waals surface area contributed by atoms with E-state index in [4.69, 9.17) is 9.15 Å². The molecule has 5 heteroatoms. The van der Waals surface area contributed by atoms with Gasteiger partial charge in [-0.2, -0.15) is 0 Å². The number of hydrogen-bond acceptors (Lipinski definition) is 5. The van der Waals surface area contributed by atoms with E-state index in [1.807, 2.05) is 6.07 Å². The maximum Gasteiger partial charge on any atom is 0.227 e. The molecule has 0 amide bonds. The Bertz CT molecular complexity index is 1040. The van der Waals surface area contributed by atoms with Gasteiger partial charge in [-0.3, -0.25) is 14.5 Å². The lowest BCUT2D eigenvalue weighted by Gasteiger charge is -2.20. The summed E-state index contributed by atoms with van der Waals surface area (Å²) in [5, 5.41) is 0. The maximum absolute atomic E-state index is 12.4. The Balaban J connectivity index is 1.40. The molecule has 0 N–H and O–H groups in total. The molecule has 0 bridgehead atoms. The van der Waals surface area contributed by atoms with Crippen molar-refractivity contribution in [3.63, 3.8) is 0 Å². The number of rotatable bonds is 6. The van der Waals surface area contributed by atoms with Crippen LogP contribution in [0, 0.1) is 0 Å². The normalized spacial score (nSPS) is 16.0. The minimum absolute atomic E-state index is 0.181. The van der Waals surface area contributed by atoms with Crippen LogP contribution in [-0.2, 0) is 19.7 Å². The predicted molar refractivity (Wildman–Crippen MR) is 105 cm³/mol. The van der Waals surface area contributed by atoms with Gasteiger partial charge in [0.15, 0.2) is 0 Å². The number of carbonyl (C=O) groups excluding carboxylic acids is 1. The number of fused-ring (bicyclic) bond motifs is 1. The van der Waals surface area contributed by atoms with Crippen LogP contribution in [0.4, 0.5) is 0 Å². The smallest absolute Gasteiger partial charge is 0.227 e. The molecule has 0 radical (unpaired) electrons. The van der Waals surface area contributed by atoms with Gasteiger partial charge < -0.3 is 9.15 Å². The third-order valence-electron chi connectivity index (χ3n) is 5.15. The van der Waals surface area contributed by atoms with E-state index in [2.05, 4.69) is 30.0 Å². The first-order valence-electron chi connectivity index (χ1n) is 9.24. The molecule has 0 saturated heterocycles. The summed E-state index contributed by atoms with van der Waals surface area (Å²) in [4.78, 5) is 25.4. The van der Waals surface area contributed by atoms with Gasteiger partial charge >= 0.3 is 0 Å². The molecule has 142 valence electrons. The van der Waals surface area contributed by atoms with Crippen LogP contribution < -0.4 is 10.2 Å². The predicted octanol–water partition coefficient (Wildman–Crippen LogP) is 4.11. The van der Waals surface area contributed by atoms with Crippen molar-refractivity contribution in [2.75, 3.05) is 0 Å². The zero-order valence-corrected chi connectivity index (χ0v) is 15.6. The van der Waals surface area contributed by atoms with Crippen LogP contribution in [-0.4, -0.2) is 11.2 Å². The van der Waals surface area contributed by atoms with Gasteiger partial charge in [-0.1, -0.05) is 48.5 Å². The molecule has 0 unspecified atom stereocenters. The van der Waals surface area contributed by atoms with Gasteiger partial charge in [0.2, 0.25) is 11.2 Å². The Morgan fingerprint density at radius 2 is 1.96 bits per heavy atom. The standard InChI is InChI=1S/C23H21NO4/c1-16-21-5-3-2-4-19(21)11-24(16)12-20-10-22(26)23(15-27-20)28-14-18-8-6-17(13-25)7-9-18/h2-10,13,15-16H,11-12,14H2,1H3/t16-/m1/s1. The summed E-state index contributed by atoms with van der Waals surface area (Å²) in [5.41, 5.74) is 3.92. The van der Waals surface area contributed by atoms with Gasteiger partial charge in [-0.15, -0.1) is 0 Å². The fraction of sp³-hybridized carbons (Fsp3) is 0.217. The molecule has 0 aliphatic carbocycles. The van der Waals surface area contributed by atoms with Crippen LogP contribution in [0.5, 0.6) is 5.75 Å². The van der Waals surface area contributed by atoms with Gasteiger partial charge in [0.25, 0.3) is 0 Å². The van der Waals surface area contributed by atoms with E-state index in [-0.39, 0.29) is 23.8 Å². The zero-order chi connectivity index (χ0) is 19.5. The van der Waals surface area contributed by atoms with Gasteiger partial charge in [0.05, 0.1) is 6.54 Å². The van der Waals surface area contributed by atoms with Crippen LogP contribution in [0.3, 0.4) is 0 Å². The fourth-order valence-corrected chi connectivity index (χ4v) is 3.51. The van der Waals surface area contributed by atoms with E-state index in [1.54, 1.807) is 24.3 Å². The highest BCUT2D eigenvalue weighted by Gasteiger charge is 2.26. The highest BCUT2D eigenvalue weighted by molar-refractivity contribution is 5.74. The molecule has 1 atom stereocenters. The van der Waals surface area contributed by atoms with E-state index in [0.717, 1.165) is 18.4 Å². The molecule has 5 nitrogen and oxygen atoms in total. The summed E-state index contributed by atoms with van der Waals surface area (Å²) >= 11 is 0. The number of carbonyl (C=O) groups is 1. The van der Waals surface area contributed by atoms with E-state index >= 15 is 0 Å². The van der Waals surface area contributed by atoms with E-state index in [9.17, 15) is 9.59 Å². The Hall–Kier alpha value is -3.18. The first-order valence-corrected chi connectivity index (χ1v) is 9.24. The lowest BCUT2D eigenvalue weighted by molar-refractivity contribution is 0.112. The largest absolute Gasteiger partial charge is 0.482 e. The first kappa shape index (κ1) is 18.2. The first-order chi connectivity index (χ1) is 13.6. The quantitative estimate of drug-likeness (QED) is 0.607. The number of aldehydes is 1. The van der Waals surface area contributed by atoms with Crippen molar-refractivity contribution in [3.05, 3.63) is 99.1 Å². The summed E-state index contributed by atoms with van der Waals surface area (Å²) in [5.74, 6) is 0.799. The highest BCUT2D eigenvalue weighted by atomic mass is 16.5. The van der Waals surface area contributed by atoms with E-state index in [1.165, 1.54) is 23.5 Å². The minimum Gasteiger partial charge on any atom is -0.482 e. The summed E-state index contributed by atoms with van der Waals surface area (Å²) in [7, 11) is 0. The topological polar surface area (TPSA) is 59.8 Å². The third kappa shape index (κ3) is 3.75. The maximum atomic E-state index is 12.4. The van der Waals surface area contributed by atoms with Gasteiger partial charge in [-0.25, -0.2) is 0 Å². The number of hydrogen-bond donors (Lipinski definition) is 0. The highest BCUT2D eigenvalue weighted by Crippen LogP contribution is 2.34. The third-order valence-corrected chi connectivity index (χ3v) is 5.15. The van der Waals surface area contributed by atoms with Crippen LogP contribution >= 0.6 is 0 Å². The lowest BCUT2D eigenvalue weighted by atomic mass is 10.1. The summed E-state index contributed by atoms with van der Waals surface area (Å²) in [6.07, 6.45) is 2.17. The molecule has 2 aromatic carbocycles. The summed E-state index contributed by atoms with van der Waals surface area (Å²) in [6.45, 7) is 3.81. The summed E-state index contributed by atoms with van der Waals surface area (Å²) in [6, 6.07) is 17.2. The zero-order valence-electron chi connectivity index (χ0n) is 15.6. The van der Waals surface area contributed by atoms with Crippen LogP contribution in [0.1, 0.15) is 45.8 Å². The van der Waals surface area contributed by atoms with Crippen LogP contribution in [0.2, 0.25) is 0 Å². The molecule has 1 aliphatic heterocycles. The fourth-order valence-electron chi connectivity index (χ4n) is 3.51. The van der Waals surface area contributed by atoms with Crippen molar-refractivity contribution >= 4 is 6.29 Å². The van der Waals surface area contributed by atoms with Crippen molar-refractivity contribution in [3.8, 4) is 5.75 Å². The minimum atomic E-state index is -0.199. The van der Waals surface area contributed by atoms with Gasteiger partial charge in [0.1, 0.15) is 24.9 Å². The monoisotopic (exact) mass is 375 g/mol. The average molecular weight is 375 g/mol. The molecule has 0 saturated carbocycles. The lowest BCUT2D eigenvalue weighted by Crippen LogP contribution is -2.20. The molecule has 0 spiro atoms. The van der Waals surface area contributed by atoms with E-state index in [0.29, 0.717) is 17.9 Å².